The quantitative estimate of drug-likeness (QED) is 0.559. The van der Waals surface area contributed by atoms with Crippen LogP contribution >= 0.6 is 0 Å². The van der Waals surface area contributed by atoms with E-state index in [1.165, 1.54) is 0 Å². The molecule has 2 heterocycles. The summed E-state index contributed by atoms with van der Waals surface area (Å²) in [6, 6.07) is 11.6. The Kier molecular flexibility index (Phi) is 4.65. The summed E-state index contributed by atoms with van der Waals surface area (Å²) in [5.74, 6) is 1.15. The zero-order valence-corrected chi connectivity index (χ0v) is 13.9. The molecule has 24 heavy (non-hydrogen) atoms. The van der Waals surface area contributed by atoms with E-state index in [9.17, 15) is 0 Å². The van der Waals surface area contributed by atoms with E-state index in [-0.39, 0.29) is 0 Å². The SMILES string of the molecule is COc1cccc(NC(N)=NCCc2cn3cccc(C)c3n2)c1. The van der Waals surface area contributed by atoms with Crippen LogP contribution in [0.1, 0.15) is 11.3 Å². The summed E-state index contributed by atoms with van der Waals surface area (Å²) < 4.78 is 7.22. The highest BCUT2D eigenvalue weighted by molar-refractivity contribution is 5.92. The van der Waals surface area contributed by atoms with Gasteiger partial charge >= 0.3 is 0 Å². The number of aryl methyl sites for hydroxylation is 1. The van der Waals surface area contributed by atoms with Crippen LogP contribution < -0.4 is 15.8 Å². The highest BCUT2D eigenvalue weighted by atomic mass is 16.5. The summed E-state index contributed by atoms with van der Waals surface area (Å²) in [5.41, 5.74) is 9.93. The van der Waals surface area contributed by atoms with Gasteiger partial charge in [0.2, 0.25) is 0 Å². The highest BCUT2D eigenvalue weighted by Crippen LogP contribution is 2.16. The van der Waals surface area contributed by atoms with Crippen molar-refractivity contribution < 1.29 is 4.74 Å². The lowest BCUT2D eigenvalue weighted by Gasteiger charge is -2.07. The molecule has 0 aliphatic heterocycles. The van der Waals surface area contributed by atoms with E-state index in [2.05, 4.69) is 28.3 Å². The molecule has 3 rings (SSSR count). The lowest BCUT2D eigenvalue weighted by atomic mass is 10.3. The summed E-state index contributed by atoms with van der Waals surface area (Å²) in [5, 5.41) is 3.06. The van der Waals surface area contributed by atoms with Gasteiger partial charge in [-0.2, -0.15) is 0 Å². The Morgan fingerprint density at radius 2 is 2.21 bits per heavy atom. The summed E-state index contributed by atoms with van der Waals surface area (Å²) in [4.78, 5) is 8.99. The standard InChI is InChI=1S/C18H21N5O/c1-13-5-4-10-23-12-15(21-17(13)23)8-9-20-18(19)22-14-6-3-7-16(11-14)24-2/h3-7,10-12H,8-9H2,1-2H3,(H3,19,20,22). The van der Waals surface area contributed by atoms with Gasteiger partial charge in [-0.3, -0.25) is 4.99 Å². The van der Waals surface area contributed by atoms with Crippen LogP contribution in [0.15, 0.2) is 53.8 Å². The first-order chi connectivity index (χ1) is 11.7. The molecule has 6 heteroatoms. The lowest BCUT2D eigenvalue weighted by Crippen LogP contribution is -2.23. The number of benzene rings is 1. The van der Waals surface area contributed by atoms with Crippen molar-refractivity contribution in [2.24, 2.45) is 10.7 Å². The summed E-state index contributed by atoms with van der Waals surface area (Å²) >= 11 is 0. The summed E-state index contributed by atoms with van der Waals surface area (Å²) in [6.07, 6.45) is 4.77. The number of rotatable bonds is 5. The van der Waals surface area contributed by atoms with E-state index in [1.807, 2.05) is 47.1 Å². The molecular weight excluding hydrogens is 302 g/mol. The van der Waals surface area contributed by atoms with Gasteiger partial charge < -0.3 is 20.2 Å². The van der Waals surface area contributed by atoms with E-state index in [0.717, 1.165) is 34.8 Å². The molecule has 0 aliphatic carbocycles. The van der Waals surface area contributed by atoms with E-state index < -0.39 is 0 Å². The minimum atomic E-state index is 0.378. The number of guanidine groups is 1. The van der Waals surface area contributed by atoms with Crippen molar-refractivity contribution in [2.45, 2.75) is 13.3 Å². The topological polar surface area (TPSA) is 76.9 Å². The van der Waals surface area contributed by atoms with Gasteiger partial charge in [-0.25, -0.2) is 4.98 Å². The largest absolute Gasteiger partial charge is 0.497 e. The Morgan fingerprint density at radius 1 is 1.33 bits per heavy atom. The number of imidazole rings is 1. The van der Waals surface area contributed by atoms with Crippen LogP contribution in [0.5, 0.6) is 5.75 Å². The molecule has 1 aromatic carbocycles. The Hall–Kier alpha value is -3.02. The second kappa shape index (κ2) is 7.04. The fraction of sp³-hybridized carbons (Fsp3) is 0.222. The maximum absolute atomic E-state index is 5.93. The van der Waals surface area contributed by atoms with Crippen LogP contribution in [0.4, 0.5) is 5.69 Å². The van der Waals surface area contributed by atoms with Crippen molar-refractivity contribution in [3.8, 4) is 5.75 Å². The molecule has 6 nitrogen and oxygen atoms in total. The molecule has 124 valence electrons. The Bertz CT molecular complexity index is 869. The average molecular weight is 323 g/mol. The first kappa shape index (κ1) is 15.9. The number of aliphatic imine (C=N–C) groups is 1. The second-order valence-electron chi connectivity index (χ2n) is 5.53. The molecule has 3 aromatic rings. The van der Waals surface area contributed by atoms with Gasteiger partial charge in [0.05, 0.1) is 12.8 Å². The molecule has 0 unspecified atom stereocenters. The van der Waals surface area contributed by atoms with Gasteiger partial charge in [0.1, 0.15) is 11.4 Å². The Morgan fingerprint density at radius 3 is 3.00 bits per heavy atom. The number of anilines is 1. The smallest absolute Gasteiger partial charge is 0.193 e. The van der Waals surface area contributed by atoms with Crippen LogP contribution in [-0.4, -0.2) is 29.0 Å². The zero-order chi connectivity index (χ0) is 16.9. The van der Waals surface area contributed by atoms with Gasteiger partial charge in [0.25, 0.3) is 0 Å². The summed E-state index contributed by atoms with van der Waals surface area (Å²) in [6.45, 7) is 2.63. The number of methoxy groups -OCH3 is 1. The number of nitrogens with zero attached hydrogens (tertiary/aromatic N) is 3. The van der Waals surface area contributed by atoms with Crippen LogP contribution in [0.2, 0.25) is 0 Å². The molecule has 0 aliphatic rings. The predicted octanol–water partition coefficient (Wildman–Crippen LogP) is 2.62. The first-order valence-electron chi connectivity index (χ1n) is 7.80. The number of nitrogens with one attached hydrogen (secondary N) is 1. The van der Waals surface area contributed by atoms with Gasteiger partial charge in [-0.05, 0) is 30.7 Å². The Labute approximate surface area is 141 Å². The highest BCUT2D eigenvalue weighted by Gasteiger charge is 2.03. The number of aromatic nitrogens is 2. The van der Waals surface area contributed by atoms with Crippen molar-refractivity contribution in [3.05, 3.63) is 60.0 Å². The number of fused-ring (bicyclic) bond motifs is 1. The number of nitrogens with two attached hydrogens (primary N) is 1. The van der Waals surface area contributed by atoms with Crippen LogP contribution in [0.3, 0.4) is 0 Å². The third-order valence-electron chi connectivity index (χ3n) is 3.72. The Balaban J connectivity index is 1.61. The van der Waals surface area contributed by atoms with Crippen LogP contribution in [0.25, 0.3) is 5.65 Å². The van der Waals surface area contributed by atoms with Crippen molar-refractivity contribution in [1.82, 2.24) is 9.38 Å². The van der Waals surface area contributed by atoms with Crippen molar-refractivity contribution >= 4 is 17.3 Å². The molecule has 0 saturated heterocycles. The van der Waals surface area contributed by atoms with Crippen molar-refractivity contribution in [2.75, 3.05) is 19.0 Å². The van der Waals surface area contributed by atoms with Crippen molar-refractivity contribution in [3.63, 3.8) is 0 Å². The minimum absolute atomic E-state index is 0.378. The molecule has 0 fully saturated rings. The van der Waals surface area contributed by atoms with E-state index in [0.29, 0.717) is 12.5 Å². The third-order valence-corrected chi connectivity index (χ3v) is 3.72. The number of pyridine rings is 1. The molecular formula is C18H21N5O. The lowest BCUT2D eigenvalue weighted by molar-refractivity contribution is 0.415. The van der Waals surface area contributed by atoms with E-state index in [1.54, 1.807) is 7.11 Å². The molecule has 0 saturated carbocycles. The van der Waals surface area contributed by atoms with Gasteiger partial charge in [0, 0.05) is 37.1 Å². The number of hydrogen-bond acceptors (Lipinski definition) is 3. The molecule has 0 amide bonds. The normalized spacial score (nSPS) is 11.7. The van der Waals surface area contributed by atoms with E-state index >= 15 is 0 Å². The minimum Gasteiger partial charge on any atom is -0.497 e. The first-order valence-corrected chi connectivity index (χ1v) is 7.80. The maximum atomic E-state index is 5.93. The maximum Gasteiger partial charge on any atom is 0.193 e. The molecule has 0 radical (unpaired) electrons. The summed E-state index contributed by atoms with van der Waals surface area (Å²) in [7, 11) is 1.63. The zero-order valence-electron chi connectivity index (χ0n) is 13.9. The fourth-order valence-electron chi connectivity index (χ4n) is 2.50. The van der Waals surface area contributed by atoms with Crippen LogP contribution in [0, 0.1) is 6.92 Å². The monoisotopic (exact) mass is 323 g/mol. The molecule has 0 spiro atoms. The fourth-order valence-corrected chi connectivity index (χ4v) is 2.50. The molecule has 0 atom stereocenters. The average Bonchev–Trinajstić information content (AvgIpc) is 2.99. The van der Waals surface area contributed by atoms with Crippen molar-refractivity contribution in [1.29, 1.82) is 0 Å². The van der Waals surface area contributed by atoms with Crippen LogP contribution in [-0.2, 0) is 6.42 Å². The van der Waals surface area contributed by atoms with Gasteiger partial charge in [0.15, 0.2) is 5.96 Å². The molecule has 0 bridgehead atoms. The second-order valence-corrected chi connectivity index (χ2v) is 5.53. The molecule has 3 N–H and O–H groups in total. The number of ether oxygens (including phenoxy) is 1. The van der Waals surface area contributed by atoms with Gasteiger partial charge in [-0.15, -0.1) is 0 Å². The van der Waals surface area contributed by atoms with E-state index in [4.69, 9.17) is 10.5 Å². The number of hydrogen-bond donors (Lipinski definition) is 2. The third kappa shape index (κ3) is 3.65. The molecule has 2 aromatic heterocycles. The predicted molar refractivity (Wildman–Crippen MR) is 96.7 cm³/mol. The van der Waals surface area contributed by atoms with Gasteiger partial charge in [-0.1, -0.05) is 12.1 Å².